The van der Waals surface area contributed by atoms with Crippen LogP contribution >= 0.6 is 11.6 Å². The molecule has 114 valence electrons. The topological polar surface area (TPSA) is 50.9 Å². The fourth-order valence-electron chi connectivity index (χ4n) is 2.72. The SMILES string of the molecule is CC1(N)CC=C(c2ccncc2)C(Cl)(c2ccc(F)cc2)N1. The zero-order chi connectivity index (χ0) is 15.8. The molecule has 1 aromatic heterocycles. The Balaban J connectivity index is 2.13. The van der Waals surface area contributed by atoms with E-state index in [1.165, 1.54) is 12.1 Å². The van der Waals surface area contributed by atoms with Gasteiger partial charge in [-0.2, -0.15) is 0 Å². The third-order valence-electron chi connectivity index (χ3n) is 3.79. The van der Waals surface area contributed by atoms with Gasteiger partial charge in [-0.1, -0.05) is 29.8 Å². The number of halogens is 2. The first-order valence-electron chi connectivity index (χ1n) is 7.05. The molecule has 3 N–H and O–H groups in total. The predicted molar refractivity (Wildman–Crippen MR) is 86.5 cm³/mol. The van der Waals surface area contributed by atoms with Crippen LogP contribution in [0.1, 0.15) is 24.5 Å². The molecule has 2 heterocycles. The summed E-state index contributed by atoms with van der Waals surface area (Å²) in [4.78, 5) is 3.02. The van der Waals surface area contributed by atoms with E-state index in [-0.39, 0.29) is 5.82 Å². The molecular formula is C17H17ClFN3. The van der Waals surface area contributed by atoms with Gasteiger partial charge in [0.2, 0.25) is 0 Å². The van der Waals surface area contributed by atoms with Gasteiger partial charge in [-0.05, 0) is 54.3 Å². The van der Waals surface area contributed by atoms with Crippen LogP contribution in [0, 0.1) is 5.82 Å². The van der Waals surface area contributed by atoms with Gasteiger partial charge < -0.3 is 5.73 Å². The largest absolute Gasteiger partial charge is 0.313 e. The van der Waals surface area contributed by atoms with Crippen LogP contribution in [0.3, 0.4) is 0 Å². The Bertz CT molecular complexity index is 698. The monoisotopic (exact) mass is 317 g/mol. The van der Waals surface area contributed by atoms with E-state index < -0.39 is 10.7 Å². The molecule has 0 saturated heterocycles. The van der Waals surface area contributed by atoms with Crippen molar-refractivity contribution >= 4 is 17.2 Å². The number of nitrogens with one attached hydrogen (secondary N) is 1. The van der Waals surface area contributed by atoms with E-state index >= 15 is 0 Å². The van der Waals surface area contributed by atoms with Crippen molar-refractivity contribution in [1.29, 1.82) is 0 Å². The predicted octanol–water partition coefficient (Wildman–Crippen LogP) is 3.36. The van der Waals surface area contributed by atoms with Crippen LogP contribution in [0.4, 0.5) is 4.39 Å². The Kier molecular flexibility index (Phi) is 3.77. The van der Waals surface area contributed by atoms with Gasteiger partial charge in [0.05, 0.1) is 5.66 Å². The molecule has 0 aliphatic carbocycles. The summed E-state index contributed by atoms with van der Waals surface area (Å²) < 4.78 is 13.2. The normalized spacial score (nSPS) is 28.3. The van der Waals surface area contributed by atoms with Crippen LogP contribution in [-0.4, -0.2) is 10.6 Å². The third-order valence-corrected chi connectivity index (χ3v) is 4.31. The highest BCUT2D eigenvalue weighted by Crippen LogP contribution is 2.44. The van der Waals surface area contributed by atoms with Crippen LogP contribution in [0.15, 0.2) is 54.9 Å². The van der Waals surface area contributed by atoms with Crippen LogP contribution in [0.2, 0.25) is 0 Å². The summed E-state index contributed by atoms with van der Waals surface area (Å²) in [6.07, 6.45) is 6.10. The van der Waals surface area contributed by atoms with Gasteiger partial charge >= 0.3 is 0 Å². The number of nitrogens with zero attached hydrogens (tertiary/aromatic N) is 1. The van der Waals surface area contributed by atoms with E-state index in [9.17, 15) is 4.39 Å². The molecule has 0 amide bonds. The zero-order valence-electron chi connectivity index (χ0n) is 12.2. The fourth-order valence-corrected chi connectivity index (χ4v) is 3.25. The van der Waals surface area contributed by atoms with Crippen molar-refractivity contribution in [3.8, 4) is 0 Å². The number of aromatic nitrogens is 1. The number of hydrogen-bond acceptors (Lipinski definition) is 3. The molecule has 1 aromatic carbocycles. The van der Waals surface area contributed by atoms with Gasteiger partial charge in [0.1, 0.15) is 10.8 Å². The molecule has 3 nitrogen and oxygen atoms in total. The van der Waals surface area contributed by atoms with Gasteiger partial charge in [-0.3, -0.25) is 10.3 Å². The second-order valence-corrected chi connectivity index (χ2v) is 6.33. The molecule has 0 radical (unpaired) electrons. The molecular weight excluding hydrogens is 301 g/mol. The molecule has 0 saturated carbocycles. The Morgan fingerprint density at radius 2 is 1.82 bits per heavy atom. The minimum atomic E-state index is -1.02. The van der Waals surface area contributed by atoms with E-state index in [1.807, 2.05) is 25.1 Å². The van der Waals surface area contributed by atoms with Gasteiger partial charge in [-0.25, -0.2) is 4.39 Å². The van der Waals surface area contributed by atoms with Crippen molar-refractivity contribution in [2.75, 3.05) is 0 Å². The number of alkyl halides is 1. The summed E-state index contributed by atoms with van der Waals surface area (Å²) >= 11 is 6.94. The summed E-state index contributed by atoms with van der Waals surface area (Å²) in [5, 5.41) is 3.29. The Morgan fingerprint density at radius 3 is 2.45 bits per heavy atom. The zero-order valence-corrected chi connectivity index (χ0v) is 12.9. The lowest BCUT2D eigenvalue weighted by Gasteiger charge is -2.43. The molecule has 1 aliphatic heterocycles. The molecule has 2 atom stereocenters. The average Bonchev–Trinajstić information content (AvgIpc) is 2.48. The van der Waals surface area contributed by atoms with E-state index in [2.05, 4.69) is 10.3 Å². The Hall–Kier alpha value is -1.75. The lowest BCUT2D eigenvalue weighted by molar-refractivity contribution is 0.316. The van der Waals surface area contributed by atoms with E-state index in [1.54, 1.807) is 24.5 Å². The smallest absolute Gasteiger partial charge is 0.146 e. The van der Waals surface area contributed by atoms with Crippen molar-refractivity contribution in [2.24, 2.45) is 5.73 Å². The maximum Gasteiger partial charge on any atom is 0.146 e. The molecule has 1 aliphatic rings. The molecule has 2 unspecified atom stereocenters. The third kappa shape index (κ3) is 2.77. The highest BCUT2D eigenvalue weighted by Gasteiger charge is 2.42. The maximum absolute atomic E-state index is 13.2. The van der Waals surface area contributed by atoms with Crippen LogP contribution in [0.5, 0.6) is 0 Å². The van der Waals surface area contributed by atoms with E-state index in [0.717, 1.165) is 16.7 Å². The van der Waals surface area contributed by atoms with E-state index in [4.69, 9.17) is 17.3 Å². The molecule has 0 bridgehead atoms. The second-order valence-electron chi connectivity index (χ2n) is 5.77. The number of hydrogen-bond donors (Lipinski definition) is 2. The van der Waals surface area contributed by atoms with Gasteiger partial charge in [0.25, 0.3) is 0 Å². The first-order chi connectivity index (χ1) is 10.4. The van der Waals surface area contributed by atoms with E-state index in [0.29, 0.717) is 6.42 Å². The minimum Gasteiger partial charge on any atom is -0.313 e. The molecule has 0 fully saturated rings. The van der Waals surface area contributed by atoms with Crippen molar-refractivity contribution < 1.29 is 4.39 Å². The quantitative estimate of drug-likeness (QED) is 0.659. The van der Waals surface area contributed by atoms with Crippen molar-refractivity contribution in [3.63, 3.8) is 0 Å². The molecule has 5 heteroatoms. The first kappa shape index (κ1) is 15.2. The summed E-state index contributed by atoms with van der Waals surface area (Å²) in [7, 11) is 0. The lowest BCUT2D eigenvalue weighted by atomic mass is 9.86. The summed E-state index contributed by atoms with van der Waals surface area (Å²) in [5.74, 6) is -0.301. The molecule has 2 aromatic rings. The molecule has 0 spiro atoms. The van der Waals surface area contributed by atoms with Gasteiger partial charge in [-0.15, -0.1) is 0 Å². The summed E-state index contributed by atoms with van der Waals surface area (Å²) in [6.45, 7) is 1.88. The van der Waals surface area contributed by atoms with Gasteiger partial charge in [0, 0.05) is 12.4 Å². The average molecular weight is 318 g/mol. The van der Waals surface area contributed by atoms with Crippen molar-refractivity contribution in [1.82, 2.24) is 10.3 Å². The second kappa shape index (κ2) is 5.47. The lowest BCUT2D eigenvalue weighted by Crippen LogP contribution is -2.60. The fraction of sp³-hybridized carbons (Fsp3) is 0.235. The van der Waals surface area contributed by atoms with Crippen LogP contribution in [-0.2, 0) is 5.00 Å². The number of nitrogens with two attached hydrogens (primary N) is 1. The highest BCUT2D eigenvalue weighted by atomic mass is 35.5. The van der Waals surface area contributed by atoms with Crippen molar-refractivity contribution in [3.05, 3.63) is 71.8 Å². The highest BCUT2D eigenvalue weighted by molar-refractivity contribution is 6.30. The first-order valence-corrected chi connectivity index (χ1v) is 7.43. The maximum atomic E-state index is 13.2. The molecule has 22 heavy (non-hydrogen) atoms. The summed E-state index contributed by atoms with van der Waals surface area (Å²) in [5.41, 5.74) is 8.18. The Morgan fingerprint density at radius 1 is 1.18 bits per heavy atom. The number of benzene rings is 1. The number of pyridine rings is 1. The molecule has 3 rings (SSSR count). The number of rotatable bonds is 2. The van der Waals surface area contributed by atoms with Gasteiger partial charge in [0.15, 0.2) is 0 Å². The van der Waals surface area contributed by atoms with Crippen LogP contribution < -0.4 is 11.1 Å². The Labute approximate surface area is 134 Å². The standard InChI is InChI=1S/C17H17ClFN3/c1-16(20)9-6-15(12-7-10-21-11-8-12)17(18,22-16)13-2-4-14(19)5-3-13/h2-8,10-11,22H,9,20H2,1H3. The summed E-state index contributed by atoms with van der Waals surface area (Å²) in [6, 6.07) is 9.93. The minimum absolute atomic E-state index is 0.301. The van der Waals surface area contributed by atoms with Crippen LogP contribution in [0.25, 0.3) is 5.57 Å². The van der Waals surface area contributed by atoms with Crippen molar-refractivity contribution in [2.45, 2.75) is 24.0 Å².